The van der Waals surface area contributed by atoms with E-state index in [4.69, 9.17) is 21.8 Å². The topological polar surface area (TPSA) is 118 Å². The summed E-state index contributed by atoms with van der Waals surface area (Å²) in [5.74, 6) is 0.687. The molecule has 30 heavy (non-hydrogen) atoms. The van der Waals surface area contributed by atoms with Crippen molar-refractivity contribution in [2.45, 2.75) is 13.0 Å². The van der Waals surface area contributed by atoms with E-state index in [2.05, 4.69) is 15.3 Å². The summed E-state index contributed by atoms with van der Waals surface area (Å²) in [6, 6.07) is 15.8. The molecule has 1 unspecified atom stereocenters. The molecule has 0 bridgehead atoms. The molecule has 0 aliphatic heterocycles. The molecule has 148 valence electrons. The van der Waals surface area contributed by atoms with E-state index in [1.807, 2.05) is 36.4 Å². The fraction of sp³-hybridized carbons (Fsp3) is 0.0909. The Morgan fingerprint density at radius 3 is 2.67 bits per heavy atom. The van der Waals surface area contributed by atoms with Crippen LogP contribution in [-0.2, 0) is 0 Å². The number of nitriles is 1. The molecule has 0 radical (unpaired) electrons. The number of nitrogens with zero attached hydrogens (tertiary/aromatic N) is 3. The van der Waals surface area contributed by atoms with Crippen LogP contribution in [0.25, 0.3) is 22.3 Å². The zero-order valence-electron chi connectivity index (χ0n) is 15.9. The number of anilines is 2. The van der Waals surface area contributed by atoms with Crippen molar-refractivity contribution in [3.8, 4) is 17.4 Å². The summed E-state index contributed by atoms with van der Waals surface area (Å²) in [4.78, 5) is 21.4. The average molecular weight is 418 g/mol. The number of nitrogens with one attached hydrogen (secondary N) is 1. The van der Waals surface area contributed by atoms with E-state index in [0.717, 1.165) is 5.56 Å². The molecular weight excluding hydrogens is 402 g/mol. The van der Waals surface area contributed by atoms with Crippen molar-refractivity contribution in [3.05, 3.63) is 81.2 Å². The number of rotatable bonds is 4. The van der Waals surface area contributed by atoms with Crippen LogP contribution in [0.4, 0.5) is 11.6 Å². The lowest BCUT2D eigenvalue weighted by Crippen LogP contribution is -2.20. The predicted octanol–water partition coefficient (Wildman–Crippen LogP) is 4.53. The van der Waals surface area contributed by atoms with Gasteiger partial charge >= 0.3 is 0 Å². The third-order valence-electron chi connectivity index (χ3n) is 4.72. The Hall–Kier alpha value is -3.89. The van der Waals surface area contributed by atoms with Crippen LogP contribution in [0.2, 0.25) is 5.02 Å². The first kappa shape index (κ1) is 19.4. The van der Waals surface area contributed by atoms with Crippen molar-refractivity contribution < 1.29 is 4.42 Å². The highest BCUT2D eigenvalue weighted by Gasteiger charge is 2.23. The van der Waals surface area contributed by atoms with Crippen LogP contribution in [0.5, 0.6) is 0 Å². The molecule has 2 heterocycles. The highest BCUT2D eigenvalue weighted by atomic mass is 35.5. The van der Waals surface area contributed by atoms with E-state index < -0.39 is 6.04 Å². The van der Waals surface area contributed by atoms with Gasteiger partial charge < -0.3 is 15.5 Å². The van der Waals surface area contributed by atoms with Gasteiger partial charge in [-0.25, -0.2) is 9.97 Å². The molecule has 0 saturated heterocycles. The number of hydrogen-bond donors (Lipinski definition) is 2. The summed E-state index contributed by atoms with van der Waals surface area (Å²) in [5.41, 5.74) is 7.10. The molecule has 4 rings (SSSR count). The number of para-hydroxylation sites is 1. The average Bonchev–Trinajstić information content (AvgIpc) is 2.75. The molecular formula is C22H16ClN5O2. The second kappa shape index (κ2) is 7.85. The van der Waals surface area contributed by atoms with Gasteiger partial charge in [0.15, 0.2) is 11.0 Å². The minimum atomic E-state index is -0.554. The van der Waals surface area contributed by atoms with Gasteiger partial charge in [0.2, 0.25) is 0 Å². The summed E-state index contributed by atoms with van der Waals surface area (Å²) in [6.45, 7) is 1.79. The lowest BCUT2D eigenvalue weighted by Gasteiger charge is -2.19. The van der Waals surface area contributed by atoms with Gasteiger partial charge in [0.05, 0.1) is 22.0 Å². The van der Waals surface area contributed by atoms with E-state index in [1.54, 1.807) is 25.1 Å². The van der Waals surface area contributed by atoms with Crippen LogP contribution in [0.15, 0.2) is 64.1 Å². The number of aromatic nitrogens is 2. The molecule has 2 aromatic heterocycles. The Balaban J connectivity index is 1.94. The van der Waals surface area contributed by atoms with Crippen LogP contribution in [-0.4, -0.2) is 9.97 Å². The highest BCUT2D eigenvalue weighted by Crippen LogP contribution is 2.33. The van der Waals surface area contributed by atoms with Crippen molar-refractivity contribution in [1.29, 1.82) is 5.26 Å². The Morgan fingerprint density at radius 1 is 1.17 bits per heavy atom. The van der Waals surface area contributed by atoms with Crippen molar-refractivity contribution in [2.24, 2.45) is 0 Å². The molecule has 2 aromatic carbocycles. The van der Waals surface area contributed by atoms with E-state index in [-0.39, 0.29) is 22.6 Å². The Labute approximate surface area is 176 Å². The molecule has 3 N–H and O–H groups in total. The van der Waals surface area contributed by atoms with Gasteiger partial charge in [0.1, 0.15) is 35.4 Å². The predicted molar refractivity (Wildman–Crippen MR) is 116 cm³/mol. The lowest BCUT2D eigenvalue weighted by molar-refractivity contribution is 0.604. The van der Waals surface area contributed by atoms with Crippen LogP contribution >= 0.6 is 11.6 Å². The molecule has 8 heteroatoms. The first-order chi connectivity index (χ1) is 14.5. The van der Waals surface area contributed by atoms with E-state index >= 15 is 0 Å². The maximum Gasteiger partial charge on any atom is 0.198 e. The SMILES string of the molecule is CC(Nc1ncnc(N)c1C#N)c1c(-c2ccccc2)oc2c(Cl)cccc2c1=O. The van der Waals surface area contributed by atoms with Crippen LogP contribution in [0.1, 0.15) is 24.1 Å². The van der Waals surface area contributed by atoms with Crippen molar-refractivity contribution in [3.63, 3.8) is 0 Å². The summed E-state index contributed by atoms with van der Waals surface area (Å²) in [7, 11) is 0. The summed E-state index contributed by atoms with van der Waals surface area (Å²) < 4.78 is 6.14. The molecule has 0 fully saturated rings. The second-order valence-corrected chi connectivity index (χ2v) is 7.02. The van der Waals surface area contributed by atoms with Gasteiger partial charge in [-0.3, -0.25) is 4.79 Å². The minimum absolute atomic E-state index is 0.0582. The summed E-state index contributed by atoms with van der Waals surface area (Å²) in [5, 5.41) is 13.2. The molecule has 0 aliphatic rings. The van der Waals surface area contributed by atoms with Gasteiger partial charge in [-0.2, -0.15) is 5.26 Å². The van der Waals surface area contributed by atoms with Crippen LogP contribution in [0.3, 0.4) is 0 Å². The number of hydrogen-bond acceptors (Lipinski definition) is 7. The quantitative estimate of drug-likeness (QED) is 0.500. The summed E-state index contributed by atoms with van der Waals surface area (Å²) in [6.07, 6.45) is 1.26. The molecule has 1 atom stereocenters. The number of nitrogens with two attached hydrogens (primary N) is 1. The minimum Gasteiger partial charge on any atom is -0.454 e. The Bertz CT molecular complexity index is 1350. The van der Waals surface area contributed by atoms with Gasteiger partial charge in [-0.1, -0.05) is 48.0 Å². The lowest BCUT2D eigenvalue weighted by atomic mass is 9.99. The maximum absolute atomic E-state index is 13.4. The van der Waals surface area contributed by atoms with Gasteiger partial charge in [0.25, 0.3) is 0 Å². The fourth-order valence-corrected chi connectivity index (χ4v) is 3.50. The summed E-state index contributed by atoms with van der Waals surface area (Å²) >= 11 is 6.29. The standard InChI is InChI=1S/C22H16ClN5O2/c1-12(28-22-15(10-24)21(25)26-11-27-22)17-18(29)14-8-5-9-16(23)20(14)30-19(17)13-6-3-2-4-7-13/h2-9,11-12H,1H3,(H3,25,26,27,28). The maximum atomic E-state index is 13.4. The molecule has 0 saturated carbocycles. The van der Waals surface area contributed by atoms with E-state index in [0.29, 0.717) is 27.3 Å². The van der Waals surface area contributed by atoms with Gasteiger partial charge in [-0.05, 0) is 19.1 Å². The normalized spacial score (nSPS) is 11.8. The van der Waals surface area contributed by atoms with Crippen molar-refractivity contribution in [1.82, 2.24) is 9.97 Å². The van der Waals surface area contributed by atoms with Crippen molar-refractivity contribution in [2.75, 3.05) is 11.1 Å². The zero-order valence-corrected chi connectivity index (χ0v) is 16.6. The number of fused-ring (bicyclic) bond motifs is 1. The number of nitrogen functional groups attached to an aromatic ring is 1. The van der Waals surface area contributed by atoms with Crippen molar-refractivity contribution >= 4 is 34.2 Å². The van der Waals surface area contributed by atoms with Crippen LogP contribution in [0, 0.1) is 11.3 Å². The zero-order chi connectivity index (χ0) is 21.3. The monoisotopic (exact) mass is 417 g/mol. The highest BCUT2D eigenvalue weighted by molar-refractivity contribution is 6.34. The largest absolute Gasteiger partial charge is 0.454 e. The first-order valence-electron chi connectivity index (χ1n) is 9.09. The molecule has 0 amide bonds. The van der Waals surface area contributed by atoms with Crippen LogP contribution < -0.4 is 16.5 Å². The smallest absolute Gasteiger partial charge is 0.198 e. The Kier molecular flexibility index (Phi) is 5.09. The fourth-order valence-electron chi connectivity index (χ4n) is 3.29. The number of halogens is 1. The van der Waals surface area contributed by atoms with Gasteiger partial charge in [0, 0.05) is 5.56 Å². The number of benzene rings is 2. The molecule has 0 spiro atoms. The molecule has 4 aromatic rings. The second-order valence-electron chi connectivity index (χ2n) is 6.62. The van der Waals surface area contributed by atoms with E-state index in [9.17, 15) is 10.1 Å². The molecule has 7 nitrogen and oxygen atoms in total. The van der Waals surface area contributed by atoms with E-state index in [1.165, 1.54) is 6.33 Å². The van der Waals surface area contributed by atoms with Gasteiger partial charge in [-0.15, -0.1) is 0 Å². The third kappa shape index (κ3) is 3.34. The Morgan fingerprint density at radius 2 is 1.93 bits per heavy atom. The molecule has 0 aliphatic carbocycles. The first-order valence-corrected chi connectivity index (χ1v) is 9.46. The third-order valence-corrected chi connectivity index (χ3v) is 5.01.